The summed E-state index contributed by atoms with van der Waals surface area (Å²) in [7, 11) is 3.60. The average molecular weight is 317 g/mol. The van der Waals surface area contributed by atoms with E-state index in [9.17, 15) is 0 Å². The van der Waals surface area contributed by atoms with E-state index < -0.39 is 0 Å². The summed E-state index contributed by atoms with van der Waals surface area (Å²) in [5, 5.41) is 6.39. The molecule has 0 unspecified atom stereocenters. The van der Waals surface area contributed by atoms with E-state index in [1.54, 1.807) is 18.4 Å². The van der Waals surface area contributed by atoms with Crippen molar-refractivity contribution in [2.45, 2.75) is 19.3 Å². The largest absolute Gasteiger partial charge is 0.495 e. The van der Waals surface area contributed by atoms with Gasteiger partial charge in [0.05, 0.1) is 18.5 Å². The first-order chi connectivity index (χ1) is 10.8. The van der Waals surface area contributed by atoms with E-state index in [-0.39, 0.29) is 0 Å². The average Bonchev–Trinajstić information content (AvgIpc) is 3.23. The third-order valence-electron chi connectivity index (χ3n) is 4.15. The number of ether oxygens (including phenoxy) is 1. The van der Waals surface area contributed by atoms with Gasteiger partial charge in [-0.25, -0.2) is 4.98 Å². The number of nitrogens with one attached hydrogen (secondary N) is 1. The number of likely N-dealkylation sites (tertiary alicyclic amines) is 1. The van der Waals surface area contributed by atoms with Gasteiger partial charge in [-0.2, -0.15) is 0 Å². The van der Waals surface area contributed by atoms with Crippen LogP contribution in [0, 0.1) is 0 Å². The second kappa shape index (κ2) is 7.11. The van der Waals surface area contributed by atoms with Crippen LogP contribution in [0.1, 0.15) is 18.5 Å². The molecule has 2 heterocycles. The normalized spacial score (nSPS) is 15.2. The van der Waals surface area contributed by atoms with Gasteiger partial charge in [-0.05, 0) is 44.1 Å². The molecule has 0 saturated carbocycles. The van der Waals surface area contributed by atoms with Gasteiger partial charge in [-0.15, -0.1) is 11.3 Å². The van der Waals surface area contributed by atoms with E-state index in [0.717, 1.165) is 35.0 Å². The smallest absolute Gasteiger partial charge is 0.142 e. The van der Waals surface area contributed by atoms with Crippen LogP contribution in [0.5, 0.6) is 5.75 Å². The van der Waals surface area contributed by atoms with Crippen molar-refractivity contribution in [2.75, 3.05) is 39.1 Å². The molecular formula is C17H23N3OS. The third kappa shape index (κ3) is 3.42. The fourth-order valence-electron chi connectivity index (χ4n) is 2.86. The second-order valence-electron chi connectivity index (χ2n) is 5.61. The Kier molecular flexibility index (Phi) is 4.95. The number of rotatable bonds is 6. The van der Waals surface area contributed by atoms with Crippen LogP contribution < -0.4 is 10.1 Å². The van der Waals surface area contributed by atoms with E-state index in [4.69, 9.17) is 9.72 Å². The van der Waals surface area contributed by atoms with Gasteiger partial charge in [-0.1, -0.05) is 0 Å². The highest BCUT2D eigenvalue weighted by atomic mass is 32.1. The highest BCUT2D eigenvalue weighted by molar-refractivity contribution is 7.13. The number of thiazole rings is 1. The molecule has 0 spiro atoms. The quantitative estimate of drug-likeness (QED) is 0.885. The minimum absolute atomic E-state index is 0.855. The molecule has 2 aromatic rings. The Morgan fingerprint density at radius 3 is 2.86 bits per heavy atom. The van der Waals surface area contributed by atoms with Crippen LogP contribution >= 0.6 is 11.3 Å². The molecule has 1 saturated heterocycles. The Bertz CT molecular complexity index is 620. The van der Waals surface area contributed by atoms with Gasteiger partial charge in [0.15, 0.2) is 0 Å². The molecule has 1 aliphatic rings. The summed E-state index contributed by atoms with van der Waals surface area (Å²) in [5.41, 5.74) is 3.31. The zero-order chi connectivity index (χ0) is 15.4. The van der Waals surface area contributed by atoms with E-state index >= 15 is 0 Å². The van der Waals surface area contributed by atoms with Gasteiger partial charge in [0.25, 0.3) is 0 Å². The van der Waals surface area contributed by atoms with Crippen LogP contribution in [0.3, 0.4) is 0 Å². The summed E-state index contributed by atoms with van der Waals surface area (Å²) >= 11 is 1.71. The van der Waals surface area contributed by atoms with Crippen molar-refractivity contribution in [3.63, 3.8) is 0 Å². The predicted octanol–water partition coefficient (Wildman–Crippen LogP) is 3.50. The van der Waals surface area contributed by atoms with E-state index in [0.29, 0.717) is 0 Å². The molecule has 0 aliphatic carbocycles. The molecule has 1 aliphatic heterocycles. The first kappa shape index (κ1) is 15.3. The van der Waals surface area contributed by atoms with Gasteiger partial charge in [0.2, 0.25) is 0 Å². The lowest BCUT2D eigenvalue weighted by atomic mass is 10.2. The maximum Gasteiger partial charge on any atom is 0.142 e. The topological polar surface area (TPSA) is 37.4 Å². The zero-order valence-electron chi connectivity index (χ0n) is 13.3. The molecule has 0 radical (unpaired) electrons. The summed E-state index contributed by atoms with van der Waals surface area (Å²) in [6, 6.07) is 6.19. The number of hydrogen-bond donors (Lipinski definition) is 1. The van der Waals surface area contributed by atoms with Crippen molar-refractivity contribution in [3.8, 4) is 16.3 Å². The summed E-state index contributed by atoms with van der Waals surface area (Å²) < 4.78 is 5.43. The summed E-state index contributed by atoms with van der Waals surface area (Å²) in [6.45, 7) is 3.63. The zero-order valence-corrected chi connectivity index (χ0v) is 14.1. The molecule has 1 N–H and O–H groups in total. The molecule has 1 aromatic carbocycles. The molecule has 22 heavy (non-hydrogen) atoms. The Balaban J connectivity index is 1.70. The van der Waals surface area contributed by atoms with Crippen LogP contribution in [0.25, 0.3) is 10.6 Å². The van der Waals surface area contributed by atoms with Crippen molar-refractivity contribution in [3.05, 3.63) is 29.3 Å². The molecular weight excluding hydrogens is 294 g/mol. The Morgan fingerprint density at radius 2 is 2.14 bits per heavy atom. The van der Waals surface area contributed by atoms with Crippen LogP contribution in [-0.4, -0.2) is 43.7 Å². The Morgan fingerprint density at radius 1 is 1.32 bits per heavy atom. The van der Waals surface area contributed by atoms with Crippen LogP contribution in [-0.2, 0) is 6.42 Å². The van der Waals surface area contributed by atoms with Gasteiger partial charge in [0.1, 0.15) is 10.8 Å². The standard InChI is InChI=1S/C17H23N3OS/c1-18-15-6-5-13(11-16(15)21-2)17-19-14(12-22-17)7-10-20-8-3-4-9-20/h5-6,11-12,18H,3-4,7-10H2,1-2H3. The lowest BCUT2D eigenvalue weighted by molar-refractivity contribution is 0.342. The third-order valence-corrected chi connectivity index (χ3v) is 5.09. The number of methoxy groups -OCH3 is 1. The fraction of sp³-hybridized carbons (Fsp3) is 0.471. The van der Waals surface area contributed by atoms with Crippen molar-refractivity contribution in [2.24, 2.45) is 0 Å². The SMILES string of the molecule is CNc1ccc(-c2nc(CCN3CCCC3)cs2)cc1OC. The minimum Gasteiger partial charge on any atom is -0.495 e. The summed E-state index contributed by atoms with van der Waals surface area (Å²) in [4.78, 5) is 7.32. The van der Waals surface area contributed by atoms with Crippen molar-refractivity contribution >= 4 is 17.0 Å². The van der Waals surface area contributed by atoms with Crippen molar-refractivity contribution in [1.29, 1.82) is 0 Å². The highest BCUT2D eigenvalue weighted by Crippen LogP contribution is 2.32. The number of anilines is 1. The Labute approximate surface area is 136 Å². The maximum absolute atomic E-state index is 5.43. The monoisotopic (exact) mass is 317 g/mol. The van der Waals surface area contributed by atoms with Gasteiger partial charge in [-0.3, -0.25) is 0 Å². The maximum atomic E-state index is 5.43. The first-order valence-corrected chi connectivity index (χ1v) is 8.71. The summed E-state index contributed by atoms with van der Waals surface area (Å²) in [6.07, 6.45) is 3.74. The van der Waals surface area contributed by atoms with E-state index in [1.807, 2.05) is 13.1 Å². The number of benzene rings is 1. The van der Waals surface area contributed by atoms with E-state index in [1.165, 1.54) is 31.6 Å². The van der Waals surface area contributed by atoms with Crippen LogP contribution in [0.4, 0.5) is 5.69 Å². The Hall–Kier alpha value is -1.59. The molecule has 1 aromatic heterocycles. The molecule has 0 atom stereocenters. The molecule has 0 amide bonds. The summed E-state index contributed by atoms with van der Waals surface area (Å²) in [5.74, 6) is 0.855. The van der Waals surface area contributed by atoms with Crippen molar-refractivity contribution in [1.82, 2.24) is 9.88 Å². The van der Waals surface area contributed by atoms with E-state index in [2.05, 4.69) is 27.7 Å². The molecule has 1 fully saturated rings. The van der Waals surface area contributed by atoms with Gasteiger partial charge >= 0.3 is 0 Å². The van der Waals surface area contributed by atoms with Crippen LogP contribution in [0.2, 0.25) is 0 Å². The lowest BCUT2D eigenvalue weighted by Crippen LogP contribution is -2.21. The number of aromatic nitrogens is 1. The molecule has 4 nitrogen and oxygen atoms in total. The van der Waals surface area contributed by atoms with Crippen molar-refractivity contribution < 1.29 is 4.74 Å². The fourth-order valence-corrected chi connectivity index (χ4v) is 3.72. The molecule has 5 heteroatoms. The first-order valence-electron chi connectivity index (χ1n) is 7.83. The highest BCUT2D eigenvalue weighted by Gasteiger charge is 2.13. The molecule has 0 bridgehead atoms. The number of hydrogen-bond acceptors (Lipinski definition) is 5. The molecule has 118 valence electrons. The lowest BCUT2D eigenvalue weighted by Gasteiger charge is -2.12. The number of nitrogens with zero attached hydrogens (tertiary/aromatic N) is 2. The minimum atomic E-state index is 0.855. The van der Waals surface area contributed by atoms with Crippen LogP contribution in [0.15, 0.2) is 23.6 Å². The molecule has 3 rings (SSSR count). The second-order valence-corrected chi connectivity index (χ2v) is 6.47. The van der Waals surface area contributed by atoms with Gasteiger partial charge in [0, 0.05) is 31.0 Å². The van der Waals surface area contributed by atoms with Gasteiger partial charge < -0.3 is 15.0 Å². The predicted molar refractivity (Wildman–Crippen MR) is 93.0 cm³/mol.